The number of carbonyl (C=O) groups excluding carboxylic acids is 1. The van der Waals surface area contributed by atoms with Crippen LogP contribution >= 0.6 is 0 Å². The Balaban J connectivity index is 1.69. The summed E-state index contributed by atoms with van der Waals surface area (Å²) in [5.41, 5.74) is 0. The maximum atomic E-state index is 11.6. The molecule has 86 valence electrons. The molecule has 1 aromatic carbocycles. The molecule has 0 heterocycles. The maximum Gasteiger partial charge on any atom is 0.225 e. The number of likely N-dealkylation sites (N-methyl/N-ethyl adjacent to an activating group) is 1. The van der Waals surface area contributed by atoms with E-state index in [9.17, 15) is 4.79 Å². The molecular weight excluding hydrogens is 202 g/mol. The molecule has 1 aliphatic carbocycles. The molecule has 1 saturated carbocycles. The van der Waals surface area contributed by atoms with E-state index >= 15 is 0 Å². The zero-order valence-corrected chi connectivity index (χ0v) is 9.56. The summed E-state index contributed by atoms with van der Waals surface area (Å²) in [6.07, 6.45) is 2.12. The maximum absolute atomic E-state index is 11.6. The van der Waals surface area contributed by atoms with Crippen LogP contribution < -0.4 is 4.74 Å². The van der Waals surface area contributed by atoms with Gasteiger partial charge in [0, 0.05) is 13.0 Å². The number of hydrogen-bond acceptors (Lipinski definition) is 2. The highest BCUT2D eigenvalue weighted by Crippen LogP contribution is 2.30. The summed E-state index contributed by atoms with van der Waals surface area (Å²) in [5, 5.41) is 0. The molecule has 0 unspecified atom stereocenters. The Kier molecular flexibility index (Phi) is 3.44. The Hall–Kier alpha value is -1.51. The smallest absolute Gasteiger partial charge is 0.225 e. The van der Waals surface area contributed by atoms with Crippen LogP contribution in [0.15, 0.2) is 30.3 Å². The highest BCUT2D eigenvalue weighted by molar-refractivity contribution is 5.80. The number of carbonyl (C=O) groups is 1. The third-order valence-electron chi connectivity index (χ3n) is 2.74. The molecule has 0 aliphatic heterocycles. The van der Waals surface area contributed by atoms with Gasteiger partial charge in [-0.3, -0.25) is 4.79 Å². The van der Waals surface area contributed by atoms with E-state index in [1.165, 1.54) is 0 Å². The number of benzene rings is 1. The van der Waals surface area contributed by atoms with E-state index in [4.69, 9.17) is 4.74 Å². The summed E-state index contributed by atoms with van der Waals surface area (Å²) in [7, 11) is 1.84. The van der Waals surface area contributed by atoms with Gasteiger partial charge in [-0.2, -0.15) is 0 Å². The van der Waals surface area contributed by atoms with Crippen molar-refractivity contribution in [3.63, 3.8) is 0 Å². The van der Waals surface area contributed by atoms with Crippen molar-refractivity contribution < 1.29 is 9.53 Å². The highest BCUT2D eigenvalue weighted by Gasteiger charge is 2.31. The lowest BCUT2D eigenvalue weighted by molar-refractivity contribution is -0.131. The molecule has 1 amide bonds. The van der Waals surface area contributed by atoms with Crippen LogP contribution in [0.5, 0.6) is 5.75 Å². The van der Waals surface area contributed by atoms with Crippen LogP contribution in [-0.4, -0.2) is 31.0 Å². The van der Waals surface area contributed by atoms with Gasteiger partial charge in [-0.25, -0.2) is 0 Å². The summed E-state index contributed by atoms with van der Waals surface area (Å²) in [4.78, 5) is 13.4. The van der Waals surface area contributed by atoms with Crippen molar-refractivity contribution in [1.29, 1.82) is 0 Å². The molecule has 1 aliphatic rings. The summed E-state index contributed by atoms with van der Waals surface area (Å²) in [6.45, 7) is 1.21. The van der Waals surface area contributed by atoms with Crippen LogP contribution in [0.3, 0.4) is 0 Å². The second-order valence-corrected chi connectivity index (χ2v) is 4.20. The fourth-order valence-electron chi connectivity index (χ4n) is 1.57. The first-order valence-electron chi connectivity index (χ1n) is 5.70. The van der Waals surface area contributed by atoms with Gasteiger partial charge < -0.3 is 9.64 Å². The number of nitrogens with zero attached hydrogens (tertiary/aromatic N) is 1. The second-order valence-electron chi connectivity index (χ2n) is 4.20. The molecule has 16 heavy (non-hydrogen) atoms. The van der Waals surface area contributed by atoms with Crippen molar-refractivity contribution >= 4 is 5.91 Å². The van der Waals surface area contributed by atoms with Crippen LogP contribution in [0.4, 0.5) is 0 Å². The monoisotopic (exact) mass is 219 g/mol. The van der Waals surface area contributed by atoms with Crippen LogP contribution in [0.2, 0.25) is 0 Å². The number of rotatable bonds is 5. The molecule has 2 rings (SSSR count). The quantitative estimate of drug-likeness (QED) is 0.757. The van der Waals surface area contributed by atoms with E-state index < -0.39 is 0 Å². The Labute approximate surface area is 96.0 Å². The minimum absolute atomic E-state index is 0.261. The van der Waals surface area contributed by atoms with E-state index in [0.29, 0.717) is 19.1 Å². The van der Waals surface area contributed by atoms with Crippen LogP contribution in [0.25, 0.3) is 0 Å². The Bertz CT molecular complexity index is 346. The summed E-state index contributed by atoms with van der Waals surface area (Å²) >= 11 is 0. The number of ether oxygens (including phenoxy) is 1. The average molecular weight is 219 g/mol. The van der Waals surface area contributed by atoms with E-state index in [0.717, 1.165) is 18.6 Å². The molecule has 1 aromatic rings. The predicted molar refractivity (Wildman–Crippen MR) is 62.3 cm³/mol. The predicted octanol–water partition coefficient (Wildman–Crippen LogP) is 1.93. The first-order valence-corrected chi connectivity index (χ1v) is 5.70. The minimum Gasteiger partial charge on any atom is -0.492 e. The number of para-hydroxylation sites is 1. The summed E-state index contributed by atoms with van der Waals surface area (Å²) < 4.78 is 5.53. The third-order valence-corrected chi connectivity index (χ3v) is 2.74. The molecule has 1 fully saturated rings. The lowest BCUT2D eigenvalue weighted by Gasteiger charge is -2.17. The molecule has 3 heteroatoms. The van der Waals surface area contributed by atoms with Gasteiger partial charge in [0.15, 0.2) is 0 Å². The number of amides is 1. The van der Waals surface area contributed by atoms with Crippen molar-refractivity contribution in [2.75, 3.05) is 20.2 Å². The van der Waals surface area contributed by atoms with Gasteiger partial charge in [0.1, 0.15) is 12.4 Å². The molecular formula is C13H17NO2. The largest absolute Gasteiger partial charge is 0.492 e. The lowest BCUT2D eigenvalue weighted by Crippen LogP contribution is -2.31. The third kappa shape index (κ3) is 2.99. The number of hydrogen-bond donors (Lipinski definition) is 0. The Morgan fingerprint density at radius 1 is 1.38 bits per heavy atom. The Morgan fingerprint density at radius 3 is 2.69 bits per heavy atom. The van der Waals surface area contributed by atoms with Crippen molar-refractivity contribution in [3.05, 3.63) is 30.3 Å². The van der Waals surface area contributed by atoms with Crippen LogP contribution in [0, 0.1) is 5.92 Å². The van der Waals surface area contributed by atoms with Crippen molar-refractivity contribution in [2.45, 2.75) is 12.8 Å². The topological polar surface area (TPSA) is 29.5 Å². The van der Waals surface area contributed by atoms with E-state index in [2.05, 4.69) is 0 Å². The van der Waals surface area contributed by atoms with Crippen molar-refractivity contribution in [3.8, 4) is 5.75 Å². The van der Waals surface area contributed by atoms with Gasteiger partial charge in [-0.15, -0.1) is 0 Å². The molecule has 0 saturated heterocycles. The summed E-state index contributed by atoms with van der Waals surface area (Å²) in [5.74, 6) is 1.41. The fraction of sp³-hybridized carbons (Fsp3) is 0.462. The zero-order valence-electron chi connectivity index (χ0n) is 9.56. The standard InChI is InChI=1S/C13H17NO2/c1-14(13(15)11-7-8-11)9-10-16-12-5-3-2-4-6-12/h2-6,11H,7-10H2,1H3. The van der Waals surface area contributed by atoms with Gasteiger partial charge in [-0.05, 0) is 25.0 Å². The van der Waals surface area contributed by atoms with Crippen molar-refractivity contribution in [2.24, 2.45) is 5.92 Å². The molecule has 0 aromatic heterocycles. The minimum atomic E-state index is 0.261. The zero-order chi connectivity index (χ0) is 11.4. The fourth-order valence-corrected chi connectivity index (χ4v) is 1.57. The van der Waals surface area contributed by atoms with Gasteiger partial charge in [0.25, 0.3) is 0 Å². The van der Waals surface area contributed by atoms with Crippen LogP contribution in [-0.2, 0) is 4.79 Å². The molecule has 0 bridgehead atoms. The van der Waals surface area contributed by atoms with Gasteiger partial charge in [0.2, 0.25) is 5.91 Å². The van der Waals surface area contributed by atoms with E-state index in [1.54, 1.807) is 4.90 Å². The van der Waals surface area contributed by atoms with E-state index in [1.807, 2.05) is 37.4 Å². The van der Waals surface area contributed by atoms with Crippen LogP contribution in [0.1, 0.15) is 12.8 Å². The molecule has 0 spiro atoms. The van der Waals surface area contributed by atoms with E-state index in [-0.39, 0.29) is 5.91 Å². The summed E-state index contributed by atoms with van der Waals surface area (Å²) in [6, 6.07) is 9.67. The lowest BCUT2D eigenvalue weighted by atomic mass is 10.3. The molecule has 0 atom stereocenters. The van der Waals surface area contributed by atoms with Gasteiger partial charge in [0.05, 0.1) is 6.54 Å². The Morgan fingerprint density at radius 2 is 2.06 bits per heavy atom. The first-order chi connectivity index (χ1) is 7.77. The molecule has 3 nitrogen and oxygen atoms in total. The average Bonchev–Trinajstić information content (AvgIpc) is 3.13. The van der Waals surface area contributed by atoms with Gasteiger partial charge in [-0.1, -0.05) is 18.2 Å². The van der Waals surface area contributed by atoms with Gasteiger partial charge >= 0.3 is 0 Å². The SMILES string of the molecule is CN(CCOc1ccccc1)C(=O)C1CC1. The molecule has 0 N–H and O–H groups in total. The molecule has 0 radical (unpaired) electrons. The second kappa shape index (κ2) is 5.01. The first kappa shape index (κ1) is 11.0. The van der Waals surface area contributed by atoms with Crippen molar-refractivity contribution in [1.82, 2.24) is 4.90 Å². The normalized spacial score (nSPS) is 14.6. The highest BCUT2D eigenvalue weighted by atomic mass is 16.5.